The number of benzene rings is 8. The smallest absolute Gasteiger partial charge is 0.0783 e. The van der Waals surface area contributed by atoms with Gasteiger partial charge >= 0.3 is 0 Å². The first kappa shape index (κ1) is 12.5. The first-order valence-electron chi connectivity index (χ1n) is 28.8. The maximum atomic E-state index is 9.97. The molecular formula is C48H31N3. The topological polar surface area (TPSA) is 14.8 Å². The van der Waals surface area contributed by atoms with Crippen LogP contribution >= 0.6 is 0 Å². The highest BCUT2D eigenvalue weighted by Crippen LogP contribution is 2.43. The summed E-state index contributed by atoms with van der Waals surface area (Å²) in [6.45, 7) is 0. The molecule has 0 radical (unpaired) electrons. The largest absolute Gasteiger partial charge is 0.307 e. The maximum absolute atomic E-state index is 9.97. The Labute approximate surface area is 332 Å². The van der Waals surface area contributed by atoms with E-state index >= 15 is 0 Å². The number of nitrogens with zero attached hydrogens (tertiary/aromatic N) is 3. The summed E-state index contributed by atoms with van der Waals surface area (Å²) >= 11 is 0. The van der Waals surface area contributed by atoms with Gasteiger partial charge in [-0.3, -0.25) is 0 Å². The lowest BCUT2D eigenvalue weighted by Gasteiger charge is -2.18. The molecule has 0 atom stereocenters. The third-order valence-corrected chi connectivity index (χ3v) is 8.78. The van der Waals surface area contributed by atoms with Gasteiger partial charge in [-0.25, -0.2) is 0 Å². The van der Waals surface area contributed by atoms with Crippen LogP contribution in [0.1, 0.15) is 37.0 Å². The molecular weight excluding hydrogens is 619 g/mol. The van der Waals surface area contributed by atoms with Crippen LogP contribution in [0, 0.1) is 0 Å². The molecule has 51 heavy (non-hydrogen) atoms. The molecule has 238 valence electrons. The van der Waals surface area contributed by atoms with Gasteiger partial charge in [0.15, 0.2) is 0 Å². The highest BCUT2D eigenvalue weighted by atomic mass is 15.1. The third kappa shape index (κ3) is 3.94. The van der Waals surface area contributed by atoms with Crippen molar-refractivity contribution in [3.63, 3.8) is 0 Å². The van der Waals surface area contributed by atoms with E-state index in [2.05, 4.69) is 0 Å². The average Bonchev–Trinajstić information content (AvgIpc) is 4.19. The summed E-state index contributed by atoms with van der Waals surface area (Å²) in [6, 6.07) is -17.9. The summed E-state index contributed by atoms with van der Waals surface area (Å²) in [5, 5.41) is -3.19. The summed E-state index contributed by atoms with van der Waals surface area (Å²) in [4.78, 5) is 0. The predicted octanol–water partition coefficient (Wildman–Crippen LogP) is 12.6. The van der Waals surface area contributed by atoms with Crippen molar-refractivity contribution in [2.24, 2.45) is 0 Å². The van der Waals surface area contributed by atoms with E-state index in [9.17, 15) is 16.4 Å². The zero-order chi connectivity index (χ0) is 57.0. The van der Waals surface area contributed by atoms with Gasteiger partial charge in [0.2, 0.25) is 0 Å². The van der Waals surface area contributed by atoms with Crippen LogP contribution < -0.4 is 0 Å². The van der Waals surface area contributed by atoms with E-state index in [4.69, 9.17) is 20.6 Å². The van der Waals surface area contributed by atoms with E-state index in [0.29, 0.717) is 0 Å². The van der Waals surface area contributed by atoms with Crippen LogP contribution in [0.4, 0.5) is 0 Å². The van der Waals surface area contributed by atoms with Crippen molar-refractivity contribution in [1.29, 1.82) is 0 Å². The average molecular weight is 677 g/mol. The summed E-state index contributed by atoms with van der Waals surface area (Å²) in [5.41, 5.74) is -5.97. The molecule has 0 bridgehead atoms. The predicted molar refractivity (Wildman–Crippen MR) is 215 cm³/mol. The summed E-state index contributed by atoms with van der Waals surface area (Å²) in [7, 11) is 0. The molecule has 8 aromatic carbocycles. The van der Waals surface area contributed by atoms with Gasteiger partial charge in [-0.1, -0.05) is 145 Å². The molecule has 0 spiro atoms. The van der Waals surface area contributed by atoms with Gasteiger partial charge < -0.3 is 13.7 Å². The monoisotopic (exact) mass is 676 g/mol. The van der Waals surface area contributed by atoms with E-state index < -0.39 is 246 Å². The van der Waals surface area contributed by atoms with E-state index in [0.717, 1.165) is 13.7 Å². The number of hydrogen-bond donors (Lipinski definition) is 0. The zero-order valence-corrected chi connectivity index (χ0v) is 25.7. The normalized spacial score (nSPS) is 19.3. The van der Waals surface area contributed by atoms with Crippen LogP contribution in [0.2, 0.25) is 0 Å². The number of rotatable bonds is 4. The summed E-state index contributed by atoms with van der Waals surface area (Å²) in [6.07, 6.45) is 0. The highest BCUT2D eigenvalue weighted by molar-refractivity contribution is 6.18. The summed E-state index contributed by atoms with van der Waals surface area (Å²) < 4.78 is 249. The molecule has 0 amide bonds. The Hall–Kier alpha value is -6.84. The van der Waals surface area contributed by atoms with Crippen LogP contribution in [0.15, 0.2) is 187 Å². The van der Waals surface area contributed by atoms with Crippen LogP contribution in [0.25, 0.3) is 93.6 Å². The van der Waals surface area contributed by atoms with Crippen molar-refractivity contribution in [3.8, 4) is 28.2 Å². The lowest BCUT2D eigenvalue weighted by atomic mass is 10.0. The number of fused-ring (bicyclic) bond motifs is 9. The first-order valence-corrected chi connectivity index (χ1v) is 15.3. The minimum Gasteiger partial charge on any atom is -0.307 e. The van der Waals surface area contributed by atoms with Gasteiger partial charge in [0.25, 0.3) is 0 Å². The van der Waals surface area contributed by atoms with Gasteiger partial charge in [0.05, 0.1) is 87.2 Å². The Morgan fingerprint density at radius 3 is 1.25 bits per heavy atom. The number of aromatic nitrogens is 3. The second-order valence-electron chi connectivity index (χ2n) is 11.3. The molecule has 0 aliphatic carbocycles. The molecule has 0 saturated carbocycles. The fourth-order valence-electron chi connectivity index (χ4n) is 6.81. The minimum atomic E-state index is -1.01. The van der Waals surface area contributed by atoms with Gasteiger partial charge in [-0.2, -0.15) is 0 Å². The second-order valence-corrected chi connectivity index (χ2v) is 11.3. The fourth-order valence-corrected chi connectivity index (χ4v) is 6.81. The Kier molecular flexibility index (Phi) is 2.65. The molecule has 0 aliphatic rings. The summed E-state index contributed by atoms with van der Waals surface area (Å²) in [5.74, 6) is 0. The van der Waals surface area contributed by atoms with Crippen molar-refractivity contribution in [3.05, 3.63) is 187 Å². The van der Waals surface area contributed by atoms with Crippen molar-refractivity contribution < 1.29 is 37.0 Å². The van der Waals surface area contributed by atoms with Gasteiger partial charge in [0, 0.05) is 37.9 Å². The van der Waals surface area contributed by atoms with Gasteiger partial charge in [-0.15, -0.1) is 0 Å². The Bertz CT molecular complexity index is 4600. The third-order valence-electron chi connectivity index (χ3n) is 8.78. The van der Waals surface area contributed by atoms with Crippen molar-refractivity contribution in [2.75, 3.05) is 0 Å². The molecule has 3 nitrogen and oxygen atoms in total. The molecule has 11 aromatic rings. The highest BCUT2D eigenvalue weighted by Gasteiger charge is 2.23. The first-order chi connectivity index (χ1) is 36.6. The Balaban J connectivity index is 1.53. The molecule has 3 heterocycles. The molecule has 0 N–H and O–H groups in total. The molecule has 0 unspecified atom stereocenters. The van der Waals surface area contributed by atoms with Crippen molar-refractivity contribution in [1.82, 2.24) is 13.7 Å². The van der Waals surface area contributed by atoms with Gasteiger partial charge in [-0.05, 0) is 47.9 Å². The fraction of sp³-hybridized carbons (Fsp3) is 0. The number of hydrogen-bond acceptors (Lipinski definition) is 0. The van der Waals surface area contributed by atoms with Crippen LogP contribution in [-0.2, 0) is 0 Å². The lowest BCUT2D eigenvalue weighted by molar-refractivity contribution is 1.11. The molecule has 0 fully saturated rings. The molecule has 11 rings (SSSR count). The van der Waals surface area contributed by atoms with Crippen molar-refractivity contribution in [2.45, 2.75) is 0 Å². The van der Waals surface area contributed by atoms with E-state index in [1.165, 1.54) is 24.3 Å². The Morgan fingerprint density at radius 2 is 0.706 bits per heavy atom. The van der Waals surface area contributed by atoms with E-state index in [1.807, 2.05) is 0 Å². The molecule has 3 aromatic heterocycles. The van der Waals surface area contributed by atoms with E-state index in [1.54, 1.807) is 0 Å². The standard InChI is InChI=1S/C48H31N3/c1-2-16-32(17-3-1)33-18-4-9-25-40(33)50-43-28-12-7-21-36(43)39-24-15-31-46(48(39)50)51-44-29-13-8-22-37(44)38-23-14-30-45(47(38)51)49-41-26-10-5-19-34(41)35-20-6-11-27-42(35)49/h1-31H/i1D,2D,3D,5D,6D,7D,8D,10D,11D,12D,13D,14D,15D,16D,17D,19D,20D,21D,22D,23D,24D,26D,27D,28D,29D,30D,31D. The number of para-hydroxylation sites is 7. The Morgan fingerprint density at radius 1 is 0.314 bits per heavy atom. The molecule has 3 heteroatoms. The SMILES string of the molecule is [2H]c1c([2H])c([2H])c(-c2ccccc2-n2c3c([2H])c([2H])c([2H])c([2H])c3c3c([2H])c([2H])c([2H])c(-n4c5c([2H])c([2H])c([2H])c([2H])c5c5c([2H])c([2H])c([2H])c(-n6c7c([2H])c([2H])c([2H])c([2H])c7c7c([2H])c([2H])c([2H])c([2H])c76)c54)c32)c([2H])c1[2H]. The quantitative estimate of drug-likeness (QED) is 0.176. The molecule has 0 saturated heterocycles. The molecule has 0 aliphatic heterocycles. The van der Waals surface area contributed by atoms with Gasteiger partial charge in [0.1, 0.15) is 0 Å². The van der Waals surface area contributed by atoms with Crippen LogP contribution in [0.5, 0.6) is 0 Å². The minimum absolute atomic E-state index is 0.196. The van der Waals surface area contributed by atoms with E-state index in [-0.39, 0.29) is 11.3 Å². The second kappa shape index (κ2) is 10.8. The van der Waals surface area contributed by atoms with Crippen molar-refractivity contribution >= 4 is 65.4 Å². The maximum Gasteiger partial charge on any atom is 0.0783 e. The lowest BCUT2D eigenvalue weighted by Crippen LogP contribution is -2.04. The van der Waals surface area contributed by atoms with Crippen LogP contribution in [0.3, 0.4) is 0 Å². The van der Waals surface area contributed by atoms with Crippen LogP contribution in [-0.4, -0.2) is 13.7 Å². The zero-order valence-electron chi connectivity index (χ0n) is 52.7.